The van der Waals surface area contributed by atoms with Gasteiger partial charge in [-0.25, -0.2) is 0 Å². The molecule has 5 nitrogen and oxygen atoms in total. The Morgan fingerprint density at radius 3 is 2.43 bits per heavy atom. The van der Waals surface area contributed by atoms with E-state index in [0.29, 0.717) is 19.6 Å². The van der Waals surface area contributed by atoms with E-state index in [2.05, 4.69) is 39.4 Å². The van der Waals surface area contributed by atoms with Crippen LogP contribution in [0.15, 0.2) is 30.3 Å². The largest absolute Gasteiger partial charge is 0.355 e. The molecule has 116 valence electrons. The third kappa shape index (κ3) is 5.83. The van der Waals surface area contributed by atoms with Gasteiger partial charge in [0.15, 0.2) is 0 Å². The zero-order valence-electron chi connectivity index (χ0n) is 12.6. The molecule has 0 aliphatic carbocycles. The van der Waals surface area contributed by atoms with Gasteiger partial charge in [-0.2, -0.15) is 0 Å². The number of carbonyl (C=O) groups excluding carboxylic acids is 1. The van der Waals surface area contributed by atoms with Crippen LogP contribution in [0.4, 0.5) is 0 Å². The van der Waals surface area contributed by atoms with E-state index in [1.165, 1.54) is 5.56 Å². The first kappa shape index (κ1) is 15.9. The number of nitrogens with two attached hydrogens (primary N) is 1. The molecular formula is C16H26N4O. The minimum absolute atomic E-state index is 0.111. The first-order valence-corrected chi connectivity index (χ1v) is 7.73. The molecule has 1 aromatic rings. The Balaban J connectivity index is 1.65. The Labute approximate surface area is 127 Å². The lowest BCUT2D eigenvalue weighted by Gasteiger charge is -2.34. The minimum atomic E-state index is 0.111. The van der Waals surface area contributed by atoms with Crippen molar-refractivity contribution in [3.8, 4) is 0 Å². The molecule has 2 rings (SSSR count). The molecule has 0 spiro atoms. The number of hydrogen-bond donors (Lipinski definition) is 2. The van der Waals surface area contributed by atoms with Crippen LogP contribution < -0.4 is 11.1 Å². The molecule has 0 radical (unpaired) electrons. The van der Waals surface area contributed by atoms with E-state index in [-0.39, 0.29) is 5.91 Å². The average molecular weight is 290 g/mol. The summed E-state index contributed by atoms with van der Waals surface area (Å²) in [7, 11) is 0. The molecule has 0 atom stereocenters. The number of nitrogens with zero attached hydrogens (tertiary/aromatic N) is 2. The Bertz CT molecular complexity index is 416. The summed E-state index contributed by atoms with van der Waals surface area (Å²) in [5, 5.41) is 2.91. The number of amides is 1. The molecule has 3 N–H and O–H groups in total. The normalized spacial score (nSPS) is 16.8. The molecule has 1 saturated heterocycles. The van der Waals surface area contributed by atoms with Crippen molar-refractivity contribution in [3.63, 3.8) is 0 Å². The van der Waals surface area contributed by atoms with Crippen LogP contribution in [0, 0.1) is 0 Å². The molecule has 1 aliphatic rings. The number of carbonyl (C=O) groups is 1. The lowest BCUT2D eigenvalue weighted by atomic mass is 10.2. The molecule has 0 aromatic heterocycles. The molecule has 0 unspecified atom stereocenters. The van der Waals surface area contributed by atoms with Crippen molar-refractivity contribution in [1.29, 1.82) is 0 Å². The third-order valence-corrected chi connectivity index (χ3v) is 3.78. The Hall–Kier alpha value is -1.43. The minimum Gasteiger partial charge on any atom is -0.355 e. The third-order valence-electron chi connectivity index (χ3n) is 3.78. The maximum absolute atomic E-state index is 11.8. The topological polar surface area (TPSA) is 61.6 Å². The molecule has 5 heteroatoms. The smallest absolute Gasteiger partial charge is 0.234 e. The van der Waals surface area contributed by atoms with Crippen molar-refractivity contribution in [2.24, 2.45) is 5.73 Å². The molecule has 1 aliphatic heterocycles. The van der Waals surface area contributed by atoms with Gasteiger partial charge in [-0.05, 0) is 18.5 Å². The first-order chi connectivity index (χ1) is 10.3. The summed E-state index contributed by atoms with van der Waals surface area (Å²) in [6.07, 6.45) is 0.844. The molecule has 0 saturated carbocycles. The fourth-order valence-electron chi connectivity index (χ4n) is 2.54. The van der Waals surface area contributed by atoms with Gasteiger partial charge in [-0.1, -0.05) is 30.3 Å². The molecule has 1 heterocycles. The van der Waals surface area contributed by atoms with Crippen LogP contribution in [0.25, 0.3) is 0 Å². The van der Waals surface area contributed by atoms with E-state index in [9.17, 15) is 4.79 Å². The van der Waals surface area contributed by atoms with Crippen molar-refractivity contribution in [2.75, 3.05) is 45.8 Å². The summed E-state index contributed by atoms with van der Waals surface area (Å²) in [5.41, 5.74) is 6.76. The number of benzene rings is 1. The van der Waals surface area contributed by atoms with Gasteiger partial charge in [-0.15, -0.1) is 0 Å². The zero-order valence-corrected chi connectivity index (χ0v) is 12.6. The Morgan fingerprint density at radius 1 is 1.10 bits per heavy atom. The molecule has 1 fully saturated rings. The van der Waals surface area contributed by atoms with Gasteiger partial charge >= 0.3 is 0 Å². The molecule has 21 heavy (non-hydrogen) atoms. The van der Waals surface area contributed by atoms with Gasteiger partial charge in [0.25, 0.3) is 0 Å². The summed E-state index contributed by atoms with van der Waals surface area (Å²) >= 11 is 0. The fourth-order valence-corrected chi connectivity index (χ4v) is 2.54. The van der Waals surface area contributed by atoms with Crippen molar-refractivity contribution in [2.45, 2.75) is 13.0 Å². The number of nitrogens with one attached hydrogen (secondary N) is 1. The molecule has 1 amide bonds. The van der Waals surface area contributed by atoms with Gasteiger partial charge in [0, 0.05) is 39.3 Å². The van der Waals surface area contributed by atoms with Crippen LogP contribution in [0.1, 0.15) is 12.0 Å². The van der Waals surface area contributed by atoms with Crippen molar-refractivity contribution >= 4 is 5.91 Å². The van der Waals surface area contributed by atoms with Gasteiger partial charge in [0.05, 0.1) is 6.54 Å². The van der Waals surface area contributed by atoms with Crippen LogP contribution in [-0.2, 0) is 11.3 Å². The van der Waals surface area contributed by atoms with Crippen LogP contribution in [0.3, 0.4) is 0 Å². The first-order valence-electron chi connectivity index (χ1n) is 7.73. The quantitative estimate of drug-likeness (QED) is 0.708. The Kier molecular flexibility index (Phi) is 6.66. The average Bonchev–Trinajstić information content (AvgIpc) is 2.51. The van der Waals surface area contributed by atoms with Gasteiger partial charge in [0.2, 0.25) is 5.91 Å². The maximum atomic E-state index is 11.8. The number of rotatable bonds is 7. The van der Waals surface area contributed by atoms with E-state index >= 15 is 0 Å². The van der Waals surface area contributed by atoms with E-state index in [0.717, 1.165) is 39.1 Å². The van der Waals surface area contributed by atoms with Crippen LogP contribution >= 0.6 is 0 Å². The summed E-state index contributed by atoms with van der Waals surface area (Å²) in [6.45, 7) is 6.76. The fraction of sp³-hybridized carbons (Fsp3) is 0.562. The molecule has 1 aromatic carbocycles. The second-order valence-electron chi connectivity index (χ2n) is 5.53. The second-order valence-corrected chi connectivity index (χ2v) is 5.53. The van der Waals surface area contributed by atoms with Crippen LogP contribution in [0.2, 0.25) is 0 Å². The lowest BCUT2D eigenvalue weighted by molar-refractivity contribution is -0.122. The van der Waals surface area contributed by atoms with E-state index in [1.54, 1.807) is 0 Å². The lowest BCUT2D eigenvalue weighted by Crippen LogP contribution is -2.49. The summed E-state index contributed by atoms with van der Waals surface area (Å²) in [4.78, 5) is 16.4. The standard InChI is InChI=1S/C16H26N4O/c17-7-4-8-18-16(21)14-20-11-9-19(10-12-20)13-15-5-2-1-3-6-15/h1-3,5-6H,4,7-14,17H2,(H,18,21). The predicted octanol–water partition coefficient (Wildman–Crippen LogP) is 0.269. The highest BCUT2D eigenvalue weighted by atomic mass is 16.2. The van der Waals surface area contributed by atoms with E-state index in [1.807, 2.05) is 6.07 Å². The van der Waals surface area contributed by atoms with Crippen LogP contribution in [-0.4, -0.2) is 61.5 Å². The van der Waals surface area contributed by atoms with E-state index in [4.69, 9.17) is 5.73 Å². The number of hydrogen-bond acceptors (Lipinski definition) is 4. The highest BCUT2D eigenvalue weighted by molar-refractivity contribution is 5.77. The Morgan fingerprint density at radius 2 is 1.76 bits per heavy atom. The van der Waals surface area contributed by atoms with E-state index < -0.39 is 0 Å². The van der Waals surface area contributed by atoms with Crippen molar-refractivity contribution in [1.82, 2.24) is 15.1 Å². The summed E-state index contributed by atoms with van der Waals surface area (Å²) in [6, 6.07) is 10.5. The predicted molar refractivity (Wildman–Crippen MR) is 84.8 cm³/mol. The van der Waals surface area contributed by atoms with Gasteiger partial charge < -0.3 is 11.1 Å². The van der Waals surface area contributed by atoms with Gasteiger partial charge in [-0.3, -0.25) is 14.6 Å². The molecular weight excluding hydrogens is 264 g/mol. The summed E-state index contributed by atoms with van der Waals surface area (Å²) in [5.74, 6) is 0.111. The highest BCUT2D eigenvalue weighted by Gasteiger charge is 2.18. The maximum Gasteiger partial charge on any atom is 0.234 e. The second kappa shape index (κ2) is 8.77. The van der Waals surface area contributed by atoms with Gasteiger partial charge in [0.1, 0.15) is 0 Å². The SMILES string of the molecule is NCCCNC(=O)CN1CCN(Cc2ccccc2)CC1. The molecule has 0 bridgehead atoms. The van der Waals surface area contributed by atoms with Crippen LogP contribution in [0.5, 0.6) is 0 Å². The highest BCUT2D eigenvalue weighted by Crippen LogP contribution is 2.08. The number of piperazine rings is 1. The monoisotopic (exact) mass is 290 g/mol. The van der Waals surface area contributed by atoms with Crippen molar-refractivity contribution in [3.05, 3.63) is 35.9 Å². The summed E-state index contributed by atoms with van der Waals surface area (Å²) < 4.78 is 0. The zero-order chi connectivity index (χ0) is 14.9. The van der Waals surface area contributed by atoms with Crippen molar-refractivity contribution < 1.29 is 4.79 Å².